The summed E-state index contributed by atoms with van der Waals surface area (Å²) in [6.45, 7) is 8.18. The standard InChI is InChI=1S/C23H28N4O2/c1-5-21-26-20(19-8-6-7-14-24-19)16-27(21)18-11-9-17(10-12-18)13-15-25-22(28)29-23(2,3)4/h6-12,14,16H,5,13,15H2,1-4H3,(H,25,28). The normalized spacial score (nSPS) is 11.3. The number of hydrogen-bond acceptors (Lipinski definition) is 4. The van der Waals surface area contributed by atoms with Gasteiger partial charge < -0.3 is 14.6 Å². The van der Waals surface area contributed by atoms with Crippen LogP contribution < -0.4 is 5.32 Å². The van der Waals surface area contributed by atoms with Gasteiger partial charge >= 0.3 is 6.09 Å². The lowest BCUT2D eigenvalue weighted by molar-refractivity contribution is 0.0528. The van der Waals surface area contributed by atoms with Gasteiger partial charge in [-0.3, -0.25) is 4.98 Å². The van der Waals surface area contributed by atoms with Crippen LogP contribution in [-0.2, 0) is 17.6 Å². The van der Waals surface area contributed by atoms with Gasteiger partial charge in [0.2, 0.25) is 0 Å². The zero-order valence-corrected chi connectivity index (χ0v) is 17.5. The van der Waals surface area contributed by atoms with Gasteiger partial charge in [0.05, 0.1) is 5.69 Å². The Hall–Kier alpha value is -3.15. The molecule has 1 N–H and O–H groups in total. The number of ether oxygens (including phenoxy) is 1. The molecule has 0 radical (unpaired) electrons. The second-order valence-electron chi connectivity index (χ2n) is 7.83. The van der Waals surface area contributed by atoms with E-state index in [-0.39, 0.29) is 6.09 Å². The van der Waals surface area contributed by atoms with Crippen LogP contribution in [0.25, 0.3) is 17.1 Å². The fraction of sp³-hybridized carbons (Fsp3) is 0.348. The van der Waals surface area contributed by atoms with Crippen molar-refractivity contribution in [2.75, 3.05) is 6.54 Å². The number of benzene rings is 1. The van der Waals surface area contributed by atoms with E-state index in [0.29, 0.717) is 6.54 Å². The van der Waals surface area contributed by atoms with Gasteiger partial charge in [0, 0.05) is 31.0 Å². The predicted molar refractivity (Wildman–Crippen MR) is 114 cm³/mol. The number of hydrogen-bond donors (Lipinski definition) is 1. The van der Waals surface area contributed by atoms with Crippen LogP contribution in [0.2, 0.25) is 0 Å². The molecule has 0 aliphatic carbocycles. The minimum atomic E-state index is -0.484. The number of amides is 1. The number of rotatable bonds is 6. The summed E-state index contributed by atoms with van der Waals surface area (Å²) in [4.78, 5) is 20.9. The van der Waals surface area contributed by atoms with Crippen molar-refractivity contribution < 1.29 is 9.53 Å². The van der Waals surface area contributed by atoms with E-state index in [4.69, 9.17) is 9.72 Å². The highest BCUT2D eigenvalue weighted by Gasteiger charge is 2.15. The van der Waals surface area contributed by atoms with E-state index >= 15 is 0 Å². The molecule has 0 fully saturated rings. The van der Waals surface area contributed by atoms with Gasteiger partial charge in [-0.15, -0.1) is 0 Å². The Morgan fingerprint density at radius 1 is 1.10 bits per heavy atom. The van der Waals surface area contributed by atoms with Crippen molar-refractivity contribution in [3.8, 4) is 17.1 Å². The van der Waals surface area contributed by atoms with E-state index in [1.807, 2.05) is 45.2 Å². The number of alkyl carbamates (subject to hydrolysis) is 1. The number of nitrogens with one attached hydrogen (secondary N) is 1. The van der Waals surface area contributed by atoms with Crippen LogP contribution in [0.15, 0.2) is 54.9 Å². The average molecular weight is 393 g/mol. The molecule has 0 aliphatic heterocycles. The summed E-state index contributed by atoms with van der Waals surface area (Å²) >= 11 is 0. The Bertz CT molecular complexity index is 941. The molecular formula is C23H28N4O2. The molecule has 3 aromatic rings. The second-order valence-corrected chi connectivity index (χ2v) is 7.83. The summed E-state index contributed by atoms with van der Waals surface area (Å²) in [6.07, 6.45) is 4.99. The van der Waals surface area contributed by atoms with Gasteiger partial charge in [0.15, 0.2) is 0 Å². The van der Waals surface area contributed by atoms with Crippen molar-refractivity contribution in [3.05, 3.63) is 66.2 Å². The van der Waals surface area contributed by atoms with Crippen LogP contribution in [0.3, 0.4) is 0 Å². The SMILES string of the molecule is CCc1nc(-c2ccccn2)cn1-c1ccc(CCNC(=O)OC(C)(C)C)cc1. The van der Waals surface area contributed by atoms with Crippen LogP contribution in [0.1, 0.15) is 39.1 Å². The van der Waals surface area contributed by atoms with Crippen LogP contribution >= 0.6 is 0 Å². The van der Waals surface area contributed by atoms with Gasteiger partial charge in [-0.2, -0.15) is 0 Å². The van der Waals surface area contributed by atoms with Gasteiger partial charge in [-0.1, -0.05) is 25.1 Å². The molecule has 29 heavy (non-hydrogen) atoms. The summed E-state index contributed by atoms with van der Waals surface area (Å²) < 4.78 is 7.36. The molecule has 152 valence electrons. The number of carbonyl (C=O) groups is 1. The number of pyridine rings is 1. The fourth-order valence-corrected chi connectivity index (χ4v) is 2.98. The van der Waals surface area contributed by atoms with Crippen molar-refractivity contribution in [1.82, 2.24) is 19.9 Å². The van der Waals surface area contributed by atoms with E-state index < -0.39 is 5.60 Å². The predicted octanol–water partition coefficient (Wildman–Crippen LogP) is 4.56. The highest BCUT2D eigenvalue weighted by Crippen LogP contribution is 2.20. The lowest BCUT2D eigenvalue weighted by atomic mass is 10.1. The van der Waals surface area contributed by atoms with Crippen LogP contribution in [0.4, 0.5) is 4.79 Å². The lowest BCUT2D eigenvalue weighted by Gasteiger charge is -2.19. The Labute approximate surface area is 172 Å². The maximum absolute atomic E-state index is 11.7. The first-order valence-electron chi connectivity index (χ1n) is 9.91. The number of carbonyl (C=O) groups excluding carboxylic acids is 1. The third-order valence-corrected chi connectivity index (χ3v) is 4.32. The van der Waals surface area contributed by atoms with Crippen molar-refractivity contribution in [2.45, 2.75) is 46.1 Å². The Balaban J connectivity index is 1.66. The van der Waals surface area contributed by atoms with E-state index in [1.54, 1.807) is 6.20 Å². The van der Waals surface area contributed by atoms with Crippen molar-refractivity contribution in [1.29, 1.82) is 0 Å². The zero-order valence-electron chi connectivity index (χ0n) is 17.5. The average Bonchev–Trinajstić information content (AvgIpc) is 3.12. The first kappa shape index (κ1) is 20.6. The molecule has 0 atom stereocenters. The van der Waals surface area contributed by atoms with Gasteiger partial charge in [0.25, 0.3) is 0 Å². The van der Waals surface area contributed by atoms with Crippen LogP contribution in [0, 0.1) is 0 Å². The zero-order chi connectivity index (χ0) is 20.9. The maximum atomic E-state index is 11.7. The van der Waals surface area contributed by atoms with Crippen molar-refractivity contribution in [3.63, 3.8) is 0 Å². The largest absolute Gasteiger partial charge is 0.444 e. The summed E-state index contributed by atoms with van der Waals surface area (Å²) in [5.74, 6) is 0.991. The maximum Gasteiger partial charge on any atom is 0.407 e. The summed E-state index contributed by atoms with van der Waals surface area (Å²) in [6, 6.07) is 14.1. The quantitative estimate of drug-likeness (QED) is 0.667. The van der Waals surface area contributed by atoms with Crippen molar-refractivity contribution >= 4 is 6.09 Å². The first-order valence-corrected chi connectivity index (χ1v) is 9.91. The molecule has 2 aromatic heterocycles. The molecule has 0 aliphatic rings. The summed E-state index contributed by atoms with van der Waals surface area (Å²) in [5.41, 5.74) is 3.45. The molecule has 0 unspecified atom stereocenters. The third-order valence-electron chi connectivity index (χ3n) is 4.32. The van der Waals surface area contributed by atoms with E-state index in [2.05, 4.69) is 46.1 Å². The Morgan fingerprint density at radius 2 is 1.86 bits per heavy atom. The highest BCUT2D eigenvalue weighted by atomic mass is 16.6. The minimum Gasteiger partial charge on any atom is -0.444 e. The van der Waals surface area contributed by atoms with Crippen LogP contribution in [-0.4, -0.2) is 32.8 Å². The highest BCUT2D eigenvalue weighted by molar-refractivity contribution is 5.67. The van der Waals surface area contributed by atoms with Gasteiger partial charge in [-0.25, -0.2) is 9.78 Å². The van der Waals surface area contributed by atoms with Gasteiger partial charge in [-0.05, 0) is 57.0 Å². The fourth-order valence-electron chi connectivity index (χ4n) is 2.98. The Kier molecular flexibility index (Phi) is 6.32. The smallest absolute Gasteiger partial charge is 0.407 e. The van der Waals surface area contributed by atoms with E-state index in [1.165, 1.54) is 0 Å². The number of aromatic nitrogens is 3. The molecule has 0 saturated carbocycles. The molecule has 1 aromatic carbocycles. The monoisotopic (exact) mass is 392 g/mol. The molecule has 0 saturated heterocycles. The number of imidazole rings is 1. The summed E-state index contributed by atoms with van der Waals surface area (Å²) in [7, 11) is 0. The molecule has 3 rings (SSSR count). The van der Waals surface area contributed by atoms with Gasteiger partial charge in [0.1, 0.15) is 17.1 Å². The number of aryl methyl sites for hydroxylation is 1. The van der Waals surface area contributed by atoms with Crippen LogP contribution in [0.5, 0.6) is 0 Å². The molecule has 2 heterocycles. The second kappa shape index (κ2) is 8.90. The molecule has 0 bridgehead atoms. The van der Waals surface area contributed by atoms with E-state index in [0.717, 1.165) is 41.3 Å². The molecular weight excluding hydrogens is 364 g/mol. The number of nitrogens with zero attached hydrogens (tertiary/aromatic N) is 3. The summed E-state index contributed by atoms with van der Waals surface area (Å²) in [5, 5.41) is 2.79. The Morgan fingerprint density at radius 3 is 2.48 bits per heavy atom. The molecule has 6 heteroatoms. The van der Waals surface area contributed by atoms with Crippen molar-refractivity contribution in [2.24, 2.45) is 0 Å². The first-order chi connectivity index (χ1) is 13.9. The topological polar surface area (TPSA) is 69.0 Å². The van der Waals surface area contributed by atoms with E-state index in [9.17, 15) is 4.79 Å². The molecule has 0 spiro atoms. The third kappa shape index (κ3) is 5.67. The minimum absolute atomic E-state index is 0.387. The molecule has 6 nitrogen and oxygen atoms in total. The lowest BCUT2D eigenvalue weighted by Crippen LogP contribution is -2.33. The molecule has 1 amide bonds.